The molecule has 0 aliphatic heterocycles. The number of rotatable bonds is 6. The fourth-order valence-electron chi connectivity index (χ4n) is 4.35. The number of benzene rings is 1. The number of nitrogens with zero attached hydrogens (tertiary/aromatic N) is 3. The smallest absolute Gasteiger partial charge is 0.303 e. The largest absolute Gasteiger partial charge is 0.481 e. The number of carboxylic acid groups (broad SMARTS) is 1. The number of pyridine rings is 2. The number of fused-ring (bicyclic) bond motifs is 1. The van der Waals surface area contributed by atoms with Crippen LogP contribution in [0.1, 0.15) is 32.1 Å². The molecule has 8 heteroatoms. The molecule has 0 unspecified atom stereocenters. The second kappa shape index (κ2) is 8.97. The molecule has 1 fully saturated rings. The molecular weight excluding hydrogens is 423 g/mol. The average molecular weight is 446 g/mol. The second-order valence-electron chi connectivity index (χ2n) is 8.40. The first-order valence-electron chi connectivity index (χ1n) is 11.0. The highest BCUT2D eigenvalue weighted by molar-refractivity contribution is 5.76. The van der Waals surface area contributed by atoms with Crippen molar-refractivity contribution in [2.75, 3.05) is 0 Å². The van der Waals surface area contributed by atoms with Crippen LogP contribution < -0.4 is 4.74 Å². The van der Waals surface area contributed by atoms with E-state index < -0.39 is 5.97 Å². The van der Waals surface area contributed by atoms with Crippen LogP contribution in [0.25, 0.3) is 33.7 Å². The molecule has 1 aromatic carbocycles. The van der Waals surface area contributed by atoms with Gasteiger partial charge in [-0.05, 0) is 67.5 Å². The summed E-state index contributed by atoms with van der Waals surface area (Å²) in [5.74, 6) is 0.0621. The molecular formula is C25H23FN4O3. The van der Waals surface area contributed by atoms with Crippen LogP contribution in [0.5, 0.6) is 5.88 Å². The molecule has 7 nitrogen and oxygen atoms in total. The first kappa shape index (κ1) is 21.1. The van der Waals surface area contributed by atoms with E-state index in [1.807, 2.05) is 18.2 Å². The number of hydrogen-bond donors (Lipinski definition) is 2. The fourth-order valence-corrected chi connectivity index (χ4v) is 4.35. The van der Waals surface area contributed by atoms with Gasteiger partial charge in [0.05, 0.1) is 11.1 Å². The minimum absolute atomic E-state index is 0.0448. The first-order valence-corrected chi connectivity index (χ1v) is 11.0. The van der Waals surface area contributed by atoms with Gasteiger partial charge in [-0.2, -0.15) is 0 Å². The normalized spacial score (nSPS) is 18.3. The van der Waals surface area contributed by atoms with E-state index in [4.69, 9.17) is 9.84 Å². The Hall–Kier alpha value is -3.81. The number of aromatic nitrogens is 4. The van der Waals surface area contributed by atoms with Gasteiger partial charge in [0.15, 0.2) is 5.65 Å². The molecule has 2 N–H and O–H groups in total. The number of ether oxygens (including phenoxy) is 1. The fraction of sp³-hybridized carbons (Fsp3) is 0.280. The highest BCUT2D eigenvalue weighted by atomic mass is 19.1. The van der Waals surface area contributed by atoms with Gasteiger partial charge < -0.3 is 14.8 Å². The maximum absolute atomic E-state index is 14.9. The van der Waals surface area contributed by atoms with E-state index >= 15 is 0 Å². The van der Waals surface area contributed by atoms with E-state index in [-0.39, 0.29) is 24.3 Å². The van der Waals surface area contributed by atoms with Gasteiger partial charge >= 0.3 is 5.97 Å². The van der Waals surface area contributed by atoms with E-state index in [0.717, 1.165) is 36.8 Å². The summed E-state index contributed by atoms with van der Waals surface area (Å²) in [4.78, 5) is 26.9. The number of carbonyl (C=O) groups is 1. The number of imidazole rings is 1. The van der Waals surface area contributed by atoms with Crippen LogP contribution in [0.15, 0.2) is 54.9 Å². The van der Waals surface area contributed by atoms with Crippen LogP contribution in [0, 0.1) is 11.7 Å². The third kappa shape index (κ3) is 4.69. The Morgan fingerprint density at radius 1 is 1.09 bits per heavy atom. The summed E-state index contributed by atoms with van der Waals surface area (Å²) < 4.78 is 20.9. The van der Waals surface area contributed by atoms with E-state index in [1.165, 1.54) is 6.07 Å². The number of H-pyrrole nitrogens is 1. The number of hydrogen-bond acceptors (Lipinski definition) is 5. The van der Waals surface area contributed by atoms with Crippen molar-refractivity contribution in [3.05, 3.63) is 60.7 Å². The molecule has 33 heavy (non-hydrogen) atoms. The summed E-state index contributed by atoms with van der Waals surface area (Å²) in [5.41, 5.74) is 3.17. The van der Waals surface area contributed by atoms with Gasteiger partial charge in [0, 0.05) is 30.4 Å². The van der Waals surface area contributed by atoms with Gasteiger partial charge in [-0.15, -0.1) is 0 Å². The lowest BCUT2D eigenvalue weighted by Gasteiger charge is -2.27. The Bertz CT molecular complexity index is 1250. The van der Waals surface area contributed by atoms with Crippen LogP contribution in [0.2, 0.25) is 0 Å². The Morgan fingerprint density at radius 3 is 2.61 bits per heavy atom. The van der Waals surface area contributed by atoms with E-state index in [9.17, 15) is 9.18 Å². The van der Waals surface area contributed by atoms with Gasteiger partial charge in [0.25, 0.3) is 0 Å². The van der Waals surface area contributed by atoms with Crippen molar-refractivity contribution < 1.29 is 19.0 Å². The maximum Gasteiger partial charge on any atom is 0.303 e. The Labute approximate surface area is 189 Å². The third-order valence-corrected chi connectivity index (χ3v) is 6.10. The zero-order valence-corrected chi connectivity index (χ0v) is 17.9. The van der Waals surface area contributed by atoms with Crippen molar-refractivity contribution in [1.82, 2.24) is 19.9 Å². The van der Waals surface area contributed by atoms with Crippen molar-refractivity contribution in [3.63, 3.8) is 0 Å². The molecule has 5 rings (SSSR count). The van der Waals surface area contributed by atoms with Crippen LogP contribution in [-0.2, 0) is 4.79 Å². The van der Waals surface area contributed by atoms with Crippen molar-refractivity contribution in [2.24, 2.45) is 5.92 Å². The van der Waals surface area contributed by atoms with Gasteiger partial charge in [-0.25, -0.2) is 19.3 Å². The molecule has 0 radical (unpaired) electrons. The SMILES string of the molecule is O=C(O)CC1CCC(Oc2ccc(-c3ccc(-c4nc5ncccc5[nH]4)c(F)c3)cn2)CC1. The summed E-state index contributed by atoms with van der Waals surface area (Å²) in [6.45, 7) is 0. The predicted octanol–water partition coefficient (Wildman–Crippen LogP) is 5.24. The predicted molar refractivity (Wildman–Crippen MR) is 121 cm³/mol. The molecule has 4 aromatic rings. The number of aromatic amines is 1. The molecule has 0 saturated heterocycles. The lowest BCUT2D eigenvalue weighted by atomic mass is 9.85. The topological polar surface area (TPSA) is 101 Å². The van der Waals surface area contributed by atoms with Gasteiger partial charge in [-0.1, -0.05) is 6.07 Å². The van der Waals surface area contributed by atoms with Crippen molar-refractivity contribution in [1.29, 1.82) is 0 Å². The summed E-state index contributed by atoms with van der Waals surface area (Å²) in [6, 6.07) is 12.3. The second-order valence-corrected chi connectivity index (χ2v) is 8.40. The van der Waals surface area contributed by atoms with E-state index in [0.29, 0.717) is 28.5 Å². The third-order valence-electron chi connectivity index (χ3n) is 6.10. The summed E-state index contributed by atoms with van der Waals surface area (Å²) in [7, 11) is 0. The first-order chi connectivity index (χ1) is 16.0. The molecule has 1 saturated carbocycles. The number of halogens is 1. The highest BCUT2D eigenvalue weighted by Crippen LogP contribution is 2.31. The standard InChI is InChI=1S/C25H23FN4O3/c26-20-13-16(5-9-19(20)24-29-21-2-1-11-27-25(21)30-24)17-6-10-22(28-14-17)33-18-7-3-15(4-8-18)12-23(31)32/h1-2,5-6,9-11,13-15,18H,3-4,7-8,12H2,(H,31,32)(H,27,29,30). The average Bonchev–Trinajstić information content (AvgIpc) is 3.24. The maximum atomic E-state index is 14.9. The van der Waals surface area contributed by atoms with Crippen LogP contribution in [0.3, 0.4) is 0 Å². The lowest BCUT2D eigenvalue weighted by molar-refractivity contribution is -0.138. The van der Waals surface area contributed by atoms with Crippen LogP contribution >= 0.6 is 0 Å². The van der Waals surface area contributed by atoms with Gasteiger partial charge in [0.2, 0.25) is 5.88 Å². The van der Waals surface area contributed by atoms with Crippen LogP contribution in [-0.4, -0.2) is 37.1 Å². The molecule has 0 atom stereocenters. The molecule has 0 spiro atoms. The van der Waals surface area contributed by atoms with E-state index in [2.05, 4.69) is 19.9 Å². The van der Waals surface area contributed by atoms with Gasteiger partial charge in [0.1, 0.15) is 17.7 Å². The quantitative estimate of drug-likeness (QED) is 0.420. The molecule has 1 aliphatic carbocycles. The zero-order chi connectivity index (χ0) is 22.8. The summed E-state index contributed by atoms with van der Waals surface area (Å²) in [6.07, 6.45) is 6.94. The molecule has 0 amide bonds. The Kier molecular flexibility index (Phi) is 5.73. The van der Waals surface area contributed by atoms with Gasteiger partial charge in [-0.3, -0.25) is 4.79 Å². The monoisotopic (exact) mass is 446 g/mol. The molecule has 3 heterocycles. The minimum atomic E-state index is -0.740. The highest BCUT2D eigenvalue weighted by Gasteiger charge is 2.24. The van der Waals surface area contributed by atoms with Crippen LogP contribution in [0.4, 0.5) is 4.39 Å². The number of aliphatic carboxylic acids is 1. The summed E-state index contributed by atoms with van der Waals surface area (Å²) in [5, 5.41) is 8.94. The Morgan fingerprint density at radius 2 is 1.91 bits per heavy atom. The van der Waals surface area contributed by atoms with Crippen molar-refractivity contribution in [2.45, 2.75) is 38.2 Å². The zero-order valence-electron chi connectivity index (χ0n) is 17.9. The minimum Gasteiger partial charge on any atom is -0.481 e. The molecule has 1 aliphatic rings. The van der Waals surface area contributed by atoms with E-state index in [1.54, 1.807) is 30.6 Å². The van der Waals surface area contributed by atoms with Crippen molar-refractivity contribution >= 4 is 17.1 Å². The lowest BCUT2D eigenvalue weighted by Crippen LogP contribution is -2.25. The van der Waals surface area contributed by atoms with Crippen molar-refractivity contribution in [3.8, 4) is 28.4 Å². The summed E-state index contributed by atoms with van der Waals surface area (Å²) >= 11 is 0. The molecule has 168 valence electrons. The number of carboxylic acids is 1. The molecule has 3 aromatic heterocycles. The Balaban J connectivity index is 1.25. The number of nitrogens with one attached hydrogen (secondary N) is 1. The molecule has 0 bridgehead atoms.